The Kier molecular flexibility index (Phi) is 6.08. The zero-order valence-corrected chi connectivity index (χ0v) is 17.9. The van der Waals surface area contributed by atoms with E-state index in [0.717, 1.165) is 21.0 Å². The van der Waals surface area contributed by atoms with Crippen LogP contribution in [0.1, 0.15) is 39.6 Å². The molecule has 0 aliphatic rings. The molecular formula is C19H20BrN3O3S. The lowest BCUT2D eigenvalue weighted by Gasteiger charge is -2.14. The second kappa shape index (κ2) is 8.33. The topological polar surface area (TPSA) is 73.3 Å². The molecule has 2 heterocycles. The van der Waals surface area contributed by atoms with Gasteiger partial charge in [-0.25, -0.2) is 4.98 Å². The fourth-order valence-electron chi connectivity index (χ4n) is 2.80. The van der Waals surface area contributed by atoms with Crippen molar-refractivity contribution in [2.45, 2.75) is 26.5 Å². The van der Waals surface area contributed by atoms with E-state index in [4.69, 9.17) is 9.47 Å². The quantitative estimate of drug-likeness (QED) is 0.603. The van der Waals surface area contributed by atoms with Crippen LogP contribution in [0.3, 0.4) is 0 Å². The van der Waals surface area contributed by atoms with Crippen LogP contribution in [-0.4, -0.2) is 30.1 Å². The number of thiophene rings is 1. The van der Waals surface area contributed by atoms with Crippen LogP contribution in [0, 0.1) is 6.92 Å². The van der Waals surface area contributed by atoms with Gasteiger partial charge < -0.3 is 14.8 Å². The number of aryl methyl sites for hydroxylation is 1. The summed E-state index contributed by atoms with van der Waals surface area (Å²) in [6.07, 6.45) is 0. The van der Waals surface area contributed by atoms with Crippen LogP contribution in [0.25, 0.3) is 10.2 Å². The Morgan fingerprint density at radius 2 is 1.96 bits per heavy atom. The van der Waals surface area contributed by atoms with E-state index in [1.165, 1.54) is 11.3 Å². The molecule has 1 atom stereocenters. The molecule has 0 spiro atoms. The maximum atomic E-state index is 12.9. The molecule has 0 bridgehead atoms. The summed E-state index contributed by atoms with van der Waals surface area (Å²) < 4.78 is 11.5. The number of carbonyl (C=O) groups is 1. The van der Waals surface area contributed by atoms with E-state index in [1.54, 1.807) is 14.2 Å². The fraction of sp³-hybridized carbons (Fsp3) is 0.316. The predicted octanol–water partition coefficient (Wildman–Crippen LogP) is 4.41. The number of carbonyl (C=O) groups excluding carboxylic acids is 1. The number of amides is 1. The van der Waals surface area contributed by atoms with Crippen molar-refractivity contribution >= 4 is 43.4 Å². The third kappa shape index (κ3) is 4.12. The zero-order valence-electron chi connectivity index (χ0n) is 15.5. The van der Waals surface area contributed by atoms with Crippen molar-refractivity contribution in [1.29, 1.82) is 0 Å². The molecule has 1 aromatic carbocycles. The highest BCUT2D eigenvalue weighted by Gasteiger charge is 2.22. The minimum Gasteiger partial charge on any atom is -0.480 e. The summed E-state index contributed by atoms with van der Waals surface area (Å²) in [5.41, 5.74) is 1.85. The first-order valence-electron chi connectivity index (χ1n) is 8.33. The minimum atomic E-state index is -0.138. The van der Waals surface area contributed by atoms with Crippen LogP contribution in [0.15, 0.2) is 28.7 Å². The van der Waals surface area contributed by atoms with Gasteiger partial charge in [0.05, 0.1) is 23.4 Å². The number of hydrogen-bond donors (Lipinski definition) is 1. The van der Waals surface area contributed by atoms with Crippen LogP contribution in [0.5, 0.6) is 5.88 Å². The van der Waals surface area contributed by atoms with Crippen molar-refractivity contribution in [3.63, 3.8) is 0 Å². The van der Waals surface area contributed by atoms with E-state index in [-0.39, 0.29) is 18.6 Å². The number of methoxy groups -OCH3 is 2. The lowest BCUT2D eigenvalue weighted by molar-refractivity contribution is 0.0943. The summed E-state index contributed by atoms with van der Waals surface area (Å²) in [6.45, 7) is 4.13. The number of fused-ring (bicyclic) bond motifs is 1. The van der Waals surface area contributed by atoms with E-state index >= 15 is 0 Å². The first-order chi connectivity index (χ1) is 12.9. The first-order valence-corrected chi connectivity index (χ1v) is 9.94. The molecule has 0 saturated heterocycles. The Labute approximate surface area is 170 Å². The van der Waals surface area contributed by atoms with Crippen LogP contribution in [-0.2, 0) is 11.3 Å². The standard InChI is InChI=1S/C19H20BrN3O3S/c1-10-15-18(26-4)22-14(9-25-3)23-19(15)27-16(10)17(24)21-11(2)12-5-7-13(20)8-6-12/h5-8,11H,9H2,1-4H3,(H,21,24). The van der Waals surface area contributed by atoms with Crippen molar-refractivity contribution in [1.82, 2.24) is 15.3 Å². The van der Waals surface area contributed by atoms with Gasteiger partial charge in [0, 0.05) is 11.6 Å². The fourth-order valence-corrected chi connectivity index (χ4v) is 4.16. The molecular weight excluding hydrogens is 430 g/mol. The van der Waals surface area contributed by atoms with Crippen molar-refractivity contribution < 1.29 is 14.3 Å². The molecule has 142 valence electrons. The van der Waals surface area contributed by atoms with Gasteiger partial charge in [0.15, 0.2) is 5.82 Å². The number of nitrogens with one attached hydrogen (secondary N) is 1. The highest BCUT2D eigenvalue weighted by molar-refractivity contribution is 9.10. The summed E-state index contributed by atoms with van der Waals surface area (Å²) in [5, 5.41) is 3.82. The van der Waals surface area contributed by atoms with Gasteiger partial charge in [0.2, 0.25) is 5.88 Å². The molecule has 3 rings (SSSR count). The largest absolute Gasteiger partial charge is 0.480 e. The average Bonchev–Trinajstić information content (AvgIpc) is 2.98. The van der Waals surface area contributed by atoms with Gasteiger partial charge in [0.25, 0.3) is 5.91 Å². The van der Waals surface area contributed by atoms with E-state index in [2.05, 4.69) is 31.2 Å². The number of ether oxygens (including phenoxy) is 2. The van der Waals surface area contributed by atoms with Crippen LogP contribution in [0.4, 0.5) is 0 Å². The molecule has 0 fully saturated rings. The summed E-state index contributed by atoms with van der Waals surface area (Å²) in [7, 11) is 3.15. The molecule has 1 unspecified atom stereocenters. The minimum absolute atomic E-state index is 0.118. The highest BCUT2D eigenvalue weighted by Crippen LogP contribution is 2.35. The Morgan fingerprint density at radius 3 is 2.59 bits per heavy atom. The molecule has 2 aromatic heterocycles. The summed E-state index contributed by atoms with van der Waals surface area (Å²) in [5.74, 6) is 0.848. The van der Waals surface area contributed by atoms with Crippen molar-refractivity contribution in [3.8, 4) is 5.88 Å². The number of rotatable bonds is 6. The van der Waals surface area contributed by atoms with Crippen molar-refractivity contribution in [2.24, 2.45) is 0 Å². The SMILES string of the molecule is COCc1nc(OC)c2c(C)c(C(=O)NC(C)c3ccc(Br)cc3)sc2n1. The highest BCUT2D eigenvalue weighted by atomic mass is 79.9. The van der Waals surface area contributed by atoms with E-state index in [0.29, 0.717) is 21.4 Å². The van der Waals surface area contributed by atoms with Crippen molar-refractivity contribution in [3.05, 3.63) is 50.6 Å². The van der Waals surface area contributed by atoms with Gasteiger partial charge in [-0.2, -0.15) is 4.98 Å². The zero-order chi connectivity index (χ0) is 19.6. The molecule has 0 radical (unpaired) electrons. The van der Waals surface area contributed by atoms with Gasteiger partial charge >= 0.3 is 0 Å². The van der Waals surface area contributed by atoms with E-state index in [9.17, 15) is 4.79 Å². The smallest absolute Gasteiger partial charge is 0.262 e. The number of nitrogens with zero attached hydrogens (tertiary/aromatic N) is 2. The van der Waals surface area contributed by atoms with Gasteiger partial charge in [-0.05, 0) is 37.1 Å². The molecule has 0 aliphatic carbocycles. The predicted molar refractivity (Wildman–Crippen MR) is 109 cm³/mol. The second-order valence-electron chi connectivity index (χ2n) is 6.07. The monoisotopic (exact) mass is 449 g/mol. The Balaban J connectivity index is 1.92. The number of benzene rings is 1. The van der Waals surface area contributed by atoms with Crippen LogP contribution >= 0.6 is 27.3 Å². The van der Waals surface area contributed by atoms with E-state index < -0.39 is 0 Å². The molecule has 0 saturated carbocycles. The normalized spacial score (nSPS) is 12.2. The maximum Gasteiger partial charge on any atom is 0.262 e. The Bertz CT molecular complexity index is 972. The third-order valence-corrected chi connectivity index (χ3v) is 5.91. The Hall–Kier alpha value is -2.03. The number of aromatic nitrogens is 2. The van der Waals surface area contributed by atoms with Gasteiger partial charge in [0.1, 0.15) is 11.4 Å². The number of hydrogen-bond acceptors (Lipinski definition) is 6. The van der Waals surface area contributed by atoms with Gasteiger partial charge in [-0.1, -0.05) is 28.1 Å². The molecule has 1 amide bonds. The number of halogens is 1. The van der Waals surface area contributed by atoms with Gasteiger partial charge in [-0.3, -0.25) is 4.79 Å². The van der Waals surface area contributed by atoms with E-state index in [1.807, 2.05) is 38.1 Å². The second-order valence-corrected chi connectivity index (χ2v) is 7.98. The maximum absolute atomic E-state index is 12.9. The average molecular weight is 450 g/mol. The van der Waals surface area contributed by atoms with Crippen molar-refractivity contribution in [2.75, 3.05) is 14.2 Å². The molecule has 8 heteroatoms. The molecule has 3 aromatic rings. The first kappa shape index (κ1) is 19.7. The third-order valence-electron chi connectivity index (χ3n) is 4.19. The Morgan fingerprint density at radius 1 is 1.26 bits per heavy atom. The molecule has 6 nitrogen and oxygen atoms in total. The van der Waals surface area contributed by atoms with Gasteiger partial charge in [-0.15, -0.1) is 11.3 Å². The lowest BCUT2D eigenvalue weighted by Crippen LogP contribution is -2.26. The van der Waals surface area contributed by atoms with Crippen LogP contribution < -0.4 is 10.1 Å². The summed E-state index contributed by atoms with van der Waals surface area (Å²) in [4.78, 5) is 23.1. The molecule has 27 heavy (non-hydrogen) atoms. The summed E-state index contributed by atoms with van der Waals surface area (Å²) in [6, 6.07) is 7.77. The lowest BCUT2D eigenvalue weighted by atomic mass is 10.1. The molecule has 1 N–H and O–H groups in total. The summed E-state index contributed by atoms with van der Waals surface area (Å²) >= 11 is 4.76. The molecule has 0 aliphatic heterocycles. The van der Waals surface area contributed by atoms with Crippen LogP contribution in [0.2, 0.25) is 0 Å².